The molecule has 3 heteroatoms. The Labute approximate surface area is 105 Å². The molecule has 2 aromatic rings. The van der Waals surface area contributed by atoms with Crippen molar-refractivity contribution < 1.29 is 9.18 Å². The van der Waals surface area contributed by atoms with Crippen LogP contribution >= 0.6 is 0 Å². The molecule has 2 nitrogen and oxygen atoms in total. The summed E-state index contributed by atoms with van der Waals surface area (Å²) in [6.45, 7) is 1.84. The quantitative estimate of drug-likeness (QED) is 0.664. The minimum atomic E-state index is -0.349. The average molecular weight is 243 g/mol. The van der Waals surface area contributed by atoms with Crippen LogP contribution in [-0.2, 0) is 6.42 Å². The third kappa shape index (κ3) is 2.56. The van der Waals surface area contributed by atoms with Gasteiger partial charge in [-0.15, -0.1) is 0 Å². The Morgan fingerprint density at radius 1 is 1.22 bits per heavy atom. The SMILES string of the molecule is Cc1cc(C(=O)Cc2ccccc2F)ccc1N. The highest BCUT2D eigenvalue weighted by molar-refractivity contribution is 5.98. The third-order valence-corrected chi connectivity index (χ3v) is 2.90. The number of rotatable bonds is 3. The van der Waals surface area contributed by atoms with Crippen molar-refractivity contribution in [3.05, 3.63) is 65.0 Å². The summed E-state index contributed by atoms with van der Waals surface area (Å²) in [6.07, 6.45) is 0.0655. The highest BCUT2D eigenvalue weighted by atomic mass is 19.1. The molecule has 0 aliphatic carbocycles. The van der Waals surface area contributed by atoms with Gasteiger partial charge in [0, 0.05) is 17.7 Å². The van der Waals surface area contributed by atoms with Crippen LogP contribution in [0.25, 0.3) is 0 Å². The van der Waals surface area contributed by atoms with Gasteiger partial charge in [0.15, 0.2) is 5.78 Å². The molecule has 0 aromatic heterocycles. The smallest absolute Gasteiger partial charge is 0.167 e. The number of aryl methyl sites for hydroxylation is 1. The molecule has 0 saturated heterocycles. The summed E-state index contributed by atoms with van der Waals surface area (Å²) < 4.78 is 13.4. The first-order chi connectivity index (χ1) is 8.58. The zero-order valence-electron chi connectivity index (χ0n) is 10.1. The van der Waals surface area contributed by atoms with Crippen molar-refractivity contribution in [2.75, 3.05) is 5.73 Å². The average Bonchev–Trinajstić information content (AvgIpc) is 2.35. The van der Waals surface area contributed by atoms with Crippen molar-refractivity contribution in [2.45, 2.75) is 13.3 Å². The Morgan fingerprint density at radius 2 is 1.94 bits per heavy atom. The van der Waals surface area contributed by atoms with Gasteiger partial charge in [-0.05, 0) is 42.3 Å². The molecule has 0 unspecified atom stereocenters. The predicted molar refractivity (Wildman–Crippen MR) is 70.0 cm³/mol. The maximum atomic E-state index is 13.4. The van der Waals surface area contributed by atoms with Gasteiger partial charge in [0.1, 0.15) is 5.82 Å². The first-order valence-corrected chi connectivity index (χ1v) is 5.70. The number of nitrogen functional groups attached to an aromatic ring is 1. The standard InChI is InChI=1S/C15H14FNO/c1-10-8-12(6-7-14(10)17)15(18)9-11-4-2-3-5-13(11)16/h2-8H,9,17H2,1H3. The summed E-state index contributed by atoms with van der Waals surface area (Å²) in [4.78, 5) is 12.0. The molecule has 0 spiro atoms. The lowest BCUT2D eigenvalue weighted by atomic mass is 10.0. The molecule has 0 atom stereocenters. The van der Waals surface area contributed by atoms with E-state index in [2.05, 4.69) is 0 Å². The molecule has 0 saturated carbocycles. The molecular formula is C15H14FNO. The van der Waals surface area contributed by atoms with Crippen LogP contribution in [0.15, 0.2) is 42.5 Å². The van der Waals surface area contributed by atoms with E-state index in [0.29, 0.717) is 16.8 Å². The van der Waals surface area contributed by atoms with E-state index in [4.69, 9.17) is 5.73 Å². The lowest BCUT2D eigenvalue weighted by molar-refractivity contribution is 0.0992. The number of anilines is 1. The second-order valence-corrected chi connectivity index (χ2v) is 4.26. The molecule has 0 bridgehead atoms. The molecule has 0 heterocycles. The van der Waals surface area contributed by atoms with Crippen molar-refractivity contribution in [1.29, 1.82) is 0 Å². The fraction of sp³-hybridized carbons (Fsp3) is 0.133. The maximum Gasteiger partial charge on any atom is 0.167 e. The number of hydrogen-bond acceptors (Lipinski definition) is 2. The fourth-order valence-corrected chi connectivity index (χ4v) is 1.77. The van der Waals surface area contributed by atoms with Crippen LogP contribution in [0.1, 0.15) is 21.5 Å². The van der Waals surface area contributed by atoms with Crippen LogP contribution in [-0.4, -0.2) is 5.78 Å². The van der Waals surface area contributed by atoms with E-state index in [-0.39, 0.29) is 18.0 Å². The number of carbonyl (C=O) groups is 1. The Hall–Kier alpha value is -2.16. The van der Waals surface area contributed by atoms with Gasteiger partial charge in [0.2, 0.25) is 0 Å². The molecular weight excluding hydrogens is 229 g/mol. The summed E-state index contributed by atoms with van der Waals surface area (Å²) in [6, 6.07) is 11.4. The van der Waals surface area contributed by atoms with Crippen LogP contribution in [0.2, 0.25) is 0 Å². The Balaban J connectivity index is 2.22. The molecule has 0 radical (unpaired) electrons. The highest BCUT2D eigenvalue weighted by Crippen LogP contribution is 2.16. The topological polar surface area (TPSA) is 43.1 Å². The van der Waals surface area contributed by atoms with Crippen LogP contribution in [0.5, 0.6) is 0 Å². The van der Waals surface area contributed by atoms with Gasteiger partial charge in [0.25, 0.3) is 0 Å². The van der Waals surface area contributed by atoms with E-state index >= 15 is 0 Å². The predicted octanol–water partition coefficient (Wildman–Crippen LogP) is 3.14. The Kier molecular flexibility index (Phi) is 3.42. The number of hydrogen-bond donors (Lipinski definition) is 1. The number of Topliss-reactive ketones (excluding diaryl/α,β-unsaturated/α-hetero) is 1. The number of carbonyl (C=O) groups excluding carboxylic acids is 1. The van der Waals surface area contributed by atoms with Crippen molar-refractivity contribution in [3.8, 4) is 0 Å². The minimum absolute atomic E-state index is 0.0655. The second-order valence-electron chi connectivity index (χ2n) is 4.26. The van der Waals surface area contributed by atoms with Gasteiger partial charge >= 0.3 is 0 Å². The third-order valence-electron chi connectivity index (χ3n) is 2.90. The van der Waals surface area contributed by atoms with Gasteiger partial charge in [0.05, 0.1) is 0 Å². The summed E-state index contributed by atoms with van der Waals surface area (Å²) >= 11 is 0. The van der Waals surface area contributed by atoms with E-state index < -0.39 is 0 Å². The van der Waals surface area contributed by atoms with E-state index in [0.717, 1.165) is 5.56 Å². The molecule has 2 rings (SSSR count). The van der Waals surface area contributed by atoms with Crippen LogP contribution in [0, 0.1) is 12.7 Å². The molecule has 0 amide bonds. The first-order valence-electron chi connectivity index (χ1n) is 5.70. The minimum Gasteiger partial charge on any atom is -0.399 e. The molecule has 0 aliphatic heterocycles. The molecule has 2 N–H and O–H groups in total. The van der Waals surface area contributed by atoms with Crippen LogP contribution in [0.4, 0.5) is 10.1 Å². The summed E-state index contributed by atoms with van der Waals surface area (Å²) in [5.41, 5.74) is 8.17. The molecule has 92 valence electrons. The van der Waals surface area contributed by atoms with Crippen molar-refractivity contribution >= 4 is 11.5 Å². The monoisotopic (exact) mass is 243 g/mol. The maximum absolute atomic E-state index is 13.4. The summed E-state index contributed by atoms with van der Waals surface area (Å²) in [7, 11) is 0. The Morgan fingerprint density at radius 3 is 2.61 bits per heavy atom. The second kappa shape index (κ2) is 5.00. The number of nitrogens with two attached hydrogens (primary N) is 1. The van der Waals surface area contributed by atoms with E-state index in [9.17, 15) is 9.18 Å². The van der Waals surface area contributed by atoms with E-state index in [1.54, 1.807) is 36.4 Å². The lowest BCUT2D eigenvalue weighted by Crippen LogP contribution is -2.06. The summed E-state index contributed by atoms with van der Waals surface area (Å²) in [5, 5.41) is 0. The highest BCUT2D eigenvalue weighted by Gasteiger charge is 2.10. The van der Waals surface area contributed by atoms with Gasteiger partial charge in [-0.2, -0.15) is 0 Å². The number of benzene rings is 2. The summed E-state index contributed by atoms with van der Waals surface area (Å²) in [5.74, 6) is -0.457. The molecule has 0 fully saturated rings. The van der Waals surface area contributed by atoms with Gasteiger partial charge in [-0.1, -0.05) is 18.2 Å². The zero-order chi connectivity index (χ0) is 13.1. The molecule has 2 aromatic carbocycles. The van der Waals surface area contributed by atoms with Crippen molar-refractivity contribution in [2.24, 2.45) is 0 Å². The lowest BCUT2D eigenvalue weighted by Gasteiger charge is -2.05. The largest absolute Gasteiger partial charge is 0.399 e. The van der Waals surface area contributed by atoms with Gasteiger partial charge < -0.3 is 5.73 Å². The number of halogens is 1. The van der Waals surface area contributed by atoms with Crippen LogP contribution < -0.4 is 5.73 Å². The first kappa shape index (κ1) is 12.3. The Bertz CT molecular complexity index is 593. The van der Waals surface area contributed by atoms with Crippen molar-refractivity contribution in [1.82, 2.24) is 0 Å². The van der Waals surface area contributed by atoms with E-state index in [1.807, 2.05) is 6.92 Å². The van der Waals surface area contributed by atoms with Crippen molar-refractivity contribution in [3.63, 3.8) is 0 Å². The zero-order valence-corrected chi connectivity index (χ0v) is 10.1. The molecule has 0 aliphatic rings. The molecule has 18 heavy (non-hydrogen) atoms. The van der Waals surface area contributed by atoms with Gasteiger partial charge in [-0.3, -0.25) is 4.79 Å². The van der Waals surface area contributed by atoms with E-state index in [1.165, 1.54) is 6.07 Å². The fourth-order valence-electron chi connectivity index (χ4n) is 1.77. The van der Waals surface area contributed by atoms with Gasteiger partial charge in [-0.25, -0.2) is 4.39 Å². The number of ketones is 1. The van der Waals surface area contributed by atoms with Crippen LogP contribution in [0.3, 0.4) is 0 Å². The normalized spacial score (nSPS) is 10.3.